The predicted octanol–water partition coefficient (Wildman–Crippen LogP) is -2.88. The molecule has 150 valence electrons. The van der Waals surface area contributed by atoms with E-state index in [1.165, 1.54) is 11.9 Å². The Morgan fingerprint density at radius 1 is 0.852 bits per heavy atom. The van der Waals surface area contributed by atoms with E-state index in [1.54, 1.807) is 0 Å². The largest absolute Gasteiger partial charge is 0.351 e. The van der Waals surface area contributed by atoms with Crippen LogP contribution >= 0.6 is 0 Å². The van der Waals surface area contributed by atoms with Crippen molar-refractivity contribution in [2.75, 3.05) is 47.9 Å². The van der Waals surface area contributed by atoms with Gasteiger partial charge in [0.25, 0.3) is 0 Å². The number of hydrogen-bond acceptors (Lipinski definition) is 10. The van der Waals surface area contributed by atoms with Crippen LogP contribution in [0, 0.1) is 0 Å². The number of carbonyl (C=O) groups excluding carboxylic acids is 1. The Kier molecular flexibility index (Phi) is 5.60. The fraction of sp³-hybridized carbons (Fsp3) is 0.733. The normalized spacial score (nSPS) is 28.9. The lowest BCUT2D eigenvalue weighted by Gasteiger charge is -2.37. The second kappa shape index (κ2) is 7.76. The van der Waals surface area contributed by atoms with Crippen LogP contribution < -0.4 is 43.4 Å². The van der Waals surface area contributed by atoms with Crippen molar-refractivity contribution in [1.29, 1.82) is 0 Å². The van der Waals surface area contributed by atoms with Crippen molar-refractivity contribution in [3.8, 4) is 0 Å². The maximum atomic E-state index is 11.6. The summed E-state index contributed by atoms with van der Waals surface area (Å²) in [6.07, 6.45) is 1.47. The van der Waals surface area contributed by atoms with E-state index in [9.17, 15) is 4.79 Å². The van der Waals surface area contributed by atoms with Crippen LogP contribution in [0.1, 0.15) is 12.8 Å². The van der Waals surface area contributed by atoms with E-state index in [2.05, 4.69) is 15.0 Å². The molecule has 2 aliphatic heterocycles. The van der Waals surface area contributed by atoms with Gasteiger partial charge in [0.1, 0.15) is 0 Å². The van der Waals surface area contributed by atoms with Crippen molar-refractivity contribution in [2.24, 2.45) is 28.7 Å². The first-order valence-corrected chi connectivity index (χ1v) is 9.04. The third kappa shape index (κ3) is 4.53. The van der Waals surface area contributed by atoms with Crippen LogP contribution in [0.2, 0.25) is 0 Å². The molecule has 2 saturated heterocycles. The van der Waals surface area contributed by atoms with Crippen LogP contribution in [0.25, 0.3) is 0 Å². The molecule has 0 saturated carbocycles. The maximum absolute atomic E-state index is 11.6. The molecular weight excluding hydrogens is 350 g/mol. The number of hydrogen-bond donors (Lipinski definition) is 5. The molecule has 1 aromatic heterocycles. The van der Waals surface area contributed by atoms with Gasteiger partial charge in [-0.15, -0.1) is 0 Å². The zero-order chi connectivity index (χ0) is 19.7. The topological polar surface area (TPSA) is 196 Å². The quantitative estimate of drug-likeness (QED) is 0.363. The summed E-state index contributed by atoms with van der Waals surface area (Å²) in [4.78, 5) is 30.0. The molecule has 3 rings (SSSR count). The summed E-state index contributed by atoms with van der Waals surface area (Å²) in [5.41, 5.74) is 29.8. The van der Waals surface area contributed by atoms with Crippen molar-refractivity contribution in [3.63, 3.8) is 0 Å². The zero-order valence-corrected chi connectivity index (χ0v) is 15.5. The minimum Gasteiger partial charge on any atom is -0.351 e. The van der Waals surface area contributed by atoms with Gasteiger partial charge in [0.05, 0.1) is 0 Å². The molecule has 2 aliphatic rings. The number of nitrogens with zero attached hydrogens (tertiary/aromatic N) is 6. The van der Waals surface area contributed by atoms with Crippen LogP contribution in [-0.2, 0) is 0 Å². The first-order valence-electron chi connectivity index (χ1n) is 9.04. The van der Waals surface area contributed by atoms with E-state index in [1.807, 2.05) is 9.80 Å². The lowest BCUT2D eigenvalue weighted by Crippen LogP contribution is -2.54. The smallest absolute Gasteiger partial charge is 0.321 e. The molecular formula is C15H29N11O. The lowest BCUT2D eigenvalue weighted by atomic mass is 10.0. The molecule has 3 heterocycles. The minimum atomic E-state index is -0.669. The highest BCUT2D eigenvalue weighted by Crippen LogP contribution is 2.23. The molecule has 12 heteroatoms. The molecule has 12 nitrogen and oxygen atoms in total. The number of aromatic nitrogens is 3. The van der Waals surface area contributed by atoms with E-state index >= 15 is 0 Å². The summed E-state index contributed by atoms with van der Waals surface area (Å²) in [6.45, 7) is 2.26. The third-order valence-electron chi connectivity index (χ3n) is 4.83. The fourth-order valence-corrected chi connectivity index (χ4v) is 3.56. The van der Waals surface area contributed by atoms with Crippen molar-refractivity contribution in [2.45, 2.75) is 37.0 Å². The Labute approximate surface area is 158 Å². The highest BCUT2D eigenvalue weighted by Gasteiger charge is 2.29. The number of urea groups is 1. The monoisotopic (exact) mass is 379 g/mol. The number of piperidine rings is 2. The van der Waals surface area contributed by atoms with Crippen LogP contribution in [0.3, 0.4) is 0 Å². The summed E-state index contributed by atoms with van der Waals surface area (Å²) in [5.74, 6) is 0.964. The minimum absolute atomic E-state index is 0.0804. The SMILES string of the molecule is CN(C(N)=O)c1nc(N2C[C@H](N)C[C@H](N)C2)nc(N2C[C@H](N)C[C@H](N)C2)n1. The highest BCUT2D eigenvalue weighted by atomic mass is 16.2. The van der Waals surface area contributed by atoms with Crippen molar-refractivity contribution in [3.05, 3.63) is 0 Å². The van der Waals surface area contributed by atoms with Gasteiger partial charge < -0.3 is 38.5 Å². The molecule has 0 aromatic carbocycles. The molecule has 10 N–H and O–H groups in total. The summed E-state index contributed by atoms with van der Waals surface area (Å²) >= 11 is 0. The van der Waals surface area contributed by atoms with E-state index in [0.29, 0.717) is 38.1 Å². The van der Waals surface area contributed by atoms with Gasteiger partial charge in [-0.3, -0.25) is 4.90 Å². The van der Waals surface area contributed by atoms with Crippen molar-refractivity contribution in [1.82, 2.24) is 15.0 Å². The second-order valence-electron chi connectivity index (χ2n) is 7.45. The number of rotatable bonds is 3. The summed E-state index contributed by atoms with van der Waals surface area (Å²) < 4.78 is 0. The zero-order valence-electron chi connectivity index (χ0n) is 15.5. The van der Waals surface area contributed by atoms with Gasteiger partial charge in [-0.1, -0.05) is 0 Å². The Balaban J connectivity index is 1.97. The van der Waals surface area contributed by atoms with E-state index in [-0.39, 0.29) is 30.1 Å². The molecule has 0 unspecified atom stereocenters. The summed E-state index contributed by atoms with van der Waals surface area (Å²) in [7, 11) is 1.51. The summed E-state index contributed by atoms with van der Waals surface area (Å²) in [5, 5.41) is 0. The number of primary amides is 1. The molecule has 0 bridgehead atoms. The van der Waals surface area contributed by atoms with Crippen LogP contribution in [-0.4, -0.2) is 78.4 Å². The van der Waals surface area contributed by atoms with Gasteiger partial charge in [-0.25, -0.2) is 4.79 Å². The second-order valence-corrected chi connectivity index (χ2v) is 7.45. The molecule has 27 heavy (non-hydrogen) atoms. The number of nitrogens with two attached hydrogens (primary N) is 5. The van der Waals surface area contributed by atoms with Crippen LogP contribution in [0.15, 0.2) is 0 Å². The number of carbonyl (C=O) groups is 1. The average molecular weight is 379 g/mol. The lowest BCUT2D eigenvalue weighted by molar-refractivity contribution is 0.255. The van der Waals surface area contributed by atoms with E-state index in [0.717, 1.165) is 12.8 Å². The average Bonchev–Trinajstić information content (AvgIpc) is 2.59. The Morgan fingerprint density at radius 3 is 1.56 bits per heavy atom. The van der Waals surface area contributed by atoms with Crippen molar-refractivity contribution < 1.29 is 4.79 Å². The van der Waals surface area contributed by atoms with Gasteiger partial charge in [-0.05, 0) is 12.8 Å². The van der Waals surface area contributed by atoms with Gasteiger partial charge in [-0.2, -0.15) is 15.0 Å². The fourth-order valence-electron chi connectivity index (χ4n) is 3.56. The molecule has 4 atom stereocenters. The number of anilines is 3. The Hall–Kier alpha value is -2.28. The van der Waals surface area contributed by atoms with Gasteiger partial charge in [0.15, 0.2) is 0 Å². The molecule has 1 aromatic rings. The Morgan fingerprint density at radius 2 is 1.22 bits per heavy atom. The first-order chi connectivity index (χ1) is 12.7. The highest BCUT2D eigenvalue weighted by molar-refractivity contribution is 5.88. The van der Waals surface area contributed by atoms with E-state index < -0.39 is 6.03 Å². The third-order valence-corrected chi connectivity index (χ3v) is 4.83. The van der Waals surface area contributed by atoms with Crippen LogP contribution in [0.4, 0.5) is 22.6 Å². The van der Waals surface area contributed by atoms with E-state index in [4.69, 9.17) is 28.7 Å². The predicted molar refractivity (Wildman–Crippen MR) is 103 cm³/mol. The molecule has 0 aliphatic carbocycles. The molecule has 2 fully saturated rings. The first kappa shape index (κ1) is 19.5. The Bertz CT molecular complexity index is 621. The van der Waals surface area contributed by atoms with Gasteiger partial charge in [0, 0.05) is 57.4 Å². The summed E-state index contributed by atoms with van der Waals surface area (Å²) in [6, 6.07) is -0.991. The van der Waals surface area contributed by atoms with Crippen molar-refractivity contribution >= 4 is 23.9 Å². The standard InChI is InChI=1S/C15H29N11O/c1-24(12(20)27)13-21-14(25-4-8(16)2-9(17)5-25)23-15(22-13)26-6-10(18)3-11(19)7-26/h8-11H,2-7,16-19H2,1H3,(H2,20,27)/t8-,9+,10-,11+. The number of amides is 2. The van der Waals surface area contributed by atoms with Gasteiger partial charge >= 0.3 is 6.03 Å². The maximum Gasteiger partial charge on any atom is 0.321 e. The molecule has 2 amide bonds. The molecule has 0 spiro atoms. The van der Waals surface area contributed by atoms with Gasteiger partial charge in [0.2, 0.25) is 17.8 Å². The van der Waals surface area contributed by atoms with Crippen LogP contribution in [0.5, 0.6) is 0 Å². The molecule has 0 radical (unpaired) electrons.